The fraction of sp³-hybridized carbons (Fsp3) is 0.667. The first-order valence-corrected chi connectivity index (χ1v) is 7.17. The van der Waals surface area contributed by atoms with Gasteiger partial charge in [0, 0.05) is 29.5 Å². The van der Waals surface area contributed by atoms with Gasteiger partial charge in [-0.15, -0.1) is 11.3 Å². The largest absolute Gasteiger partial charge is 0.328 e. The number of fused-ring (bicyclic) bond motifs is 2. The van der Waals surface area contributed by atoms with Crippen LogP contribution in [-0.2, 0) is 6.54 Å². The molecule has 16 heavy (non-hydrogen) atoms. The van der Waals surface area contributed by atoms with Crippen LogP contribution in [0.15, 0.2) is 12.1 Å². The molecule has 2 aliphatic rings. The summed E-state index contributed by atoms with van der Waals surface area (Å²) >= 11 is 7.68. The molecule has 1 aromatic rings. The highest BCUT2D eigenvalue weighted by molar-refractivity contribution is 7.16. The molecule has 2 atom stereocenters. The van der Waals surface area contributed by atoms with E-state index in [9.17, 15) is 0 Å². The minimum atomic E-state index is 0.431. The smallest absolute Gasteiger partial charge is 0.0931 e. The van der Waals surface area contributed by atoms with Crippen molar-refractivity contribution in [3.63, 3.8) is 0 Å². The van der Waals surface area contributed by atoms with Crippen LogP contribution in [-0.4, -0.2) is 23.0 Å². The minimum Gasteiger partial charge on any atom is -0.328 e. The molecule has 2 N–H and O–H groups in total. The standard InChI is InChI=1S/C12H17ClN2S/c13-12-4-3-11(16-12)7-15-9-1-2-10(15)6-8(14)5-9/h3-4,8-10H,1-2,5-7,14H2. The van der Waals surface area contributed by atoms with E-state index in [2.05, 4.69) is 11.0 Å². The number of halogens is 1. The molecule has 0 spiro atoms. The lowest BCUT2D eigenvalue weighted by molar-refractivity contribution is 0.121. The zero-order valence-electron chi connectivity index (χ0n) is 9.23. The molecule has 0 saturated carbocycles. The molecule has 1 aromatic heterocycles. The van der Waals surface area contributed by atoms with Gasteiger partial charge in [0.25, 0.3) is 0 Å². The van der Waals surface area contributed by atoms with E-state index in [4.69, 9.17) is 17.3 Å². The Balaban J connectivity index is 1.72. The number of nitrogens with zero attached hydrogens (tertiary/aromatic N) is 1. The van der Waals surface area contributed by atoms with Gasteiger partial charge >= 0.3 is 0 Å². The molecular formula is C12H17ClN2S. The van der Waals surface area contributed by atoms with Gasteiger partial charge in [-0.3, -0.25) is 4.90 Å². The van der Waals surface area contributed by atoms with Crippen molar-refractivity contribution in [1.29, 1.82) is 0 Å². The third kappa shape index (κ3) is 2.02. The van der Waals surface area contributed by atoms with Crippen LogP contribution < -0.4 is 5.73 Å². The highest BCUT2D eigenvalue weighted by atomic mass is 35.5. The molecule has 4 heteroatoms. The minimum absolute atomic E-state index is 0.431. The van der Waals surface area contributed by atoms with Crippen LogP contribution in [0.5, 0.6) is 0 Å². The van der Waals surface area contributed by atoms with Crippen molar-refractivity contribution < 1.29 is 0 Å². The topological polar surface area (TPSA) is 29.3 Å². The van der Waals surface area contributed by atoms with Crippen molar-refractivity contribution in [2.24, 2.45) is 5.73 Å². The molecule has 2 bridgehead atoms. The van der Waals surface area contributed by atoms with Crippen LogP contribution in [0.4, 0.5) is 0 Å². The highest BCUT2D eigenvalue weighted by Gasteiger charge is 2.39. The van der Waals surface area contributed by atoms with Crippen molar-refractivity contribution in [1.82, 2.24) is 4.90 Å². The first-order valence-electron chi connectivity index (χ1n) is 5.98. The summed E-state index contributed by atoms with van der Waals surface area (Å²) in [7, 11) is 0. The summed E-state index contributed by atoms with van der Waals surface area (Å²) in [5.74, 6) is 0. The van der Waals surface area contributed by atoms with E-state index in [0.717, 1.165) is 23.0 Å². The maximum atomic E-state index is 6.07. The van der Waals surface area contributed by atoms with Crippen molar-refractivity contribution in [2.45, 2.75) is 50.4 Å². The summed E-state index contributed by atoms with van der Waals surface area (Å²) in [4.78, 5) is 4.03. The van der Waals surface area contributed by atoms with Crippen LogP contribution in [0.1, 0.15) is 30.6 Å². The van der Waals surface area contributed by atoms with Gasteiger partial charge in [0.15, 0.2) is 0 Å². The second kappa shape index (κ2) is 4.30. The van der Waals surface area contributed by atoms with Crippen molar-refractivity contribution in [3.05, 3.63) is 21.3 Å². The van der Waals surface area contributed by atoms with Gasteiger partial charge in [0.2, 0.25) is 0 Å². The molecule has 2 aliphatic heterocycles. The third-order valence-electron chi connectivity index (χ3n) is 3.89. The quantitative estimate of drug-likeness (QED) is 0.882. The highest BCUT2D eigenvalue weighted by Crippen LogP contribution is 2.37. The van der Waals surface area contributed by atoms with Crippen molar-refractivity contribution >= 4 is 22.9 Å². The molecule has 0 radical (unpaired) electrons. The van der Waals surface area contributed by atoms with E-state index in [1.54, 1.807) is 11.3 Å². The van der Waals surface area contributed by atoms with E-state index in [1.165, 1.54) is 30.6 Å². The fourth-order valence-corrected chi connectivity index (χ4v) is 4.29. The summed E-state index contributed by atoms with van der Waals surface area (Å²) in [5.41, 5.74) is 6.07. The predicted molar refractivity (Wildman–Crippen MR) is 68.9 cm³/mol. The molecular weight excluding hydrogens is 240 g/mol. The molecule has 3 heterocycles. The number of hydrogen-bond acceptors (Lipinski definition) is 3. The predicted octanol–water partition coefficient (Wildman–Crippen LogP) is 2.86. The molecule has 0 amide bonds. The lowest BCUT2D eigenvalue weighted by Crippen LogP contribution is -2.46. The van der Waals surface area contributed by atoms with E-state index < -0.39 is 0 Å². The molecule has 2 saturated heterocycles. The van der Waals surface area contributed by atoms with Gasteiger partial charge in [0.1, 0.15) is 0 Å². The van der Waals surface area contributed by atoms with E-state index in [-0.39, 0.29) is 0 Å². The summed E-state index contributed by atoms with van der Waals surface area (Å²) in [6.07, 6.45) is 5.01. The molecule has 0 aromatic carbocycles. The molecule has 2 unspecified atom stereocenters. The van der Waals surface area contributed by atoms with E-state index >= 15 is 0 Å². The number of piperidine rings is 1. The maximum absolute atomic E-state index is 6.07. The van der Waals surface area contributed by atoms with E-state index in [1.807, 2.05) is 6.07 Å². The average Bonchev–Trinajstić information content (AvgIpc) is 2.72. The summed E-state index contributed by atoms with van der Waals surface area (Å²) in [6.45, 7) is 1.07. The molecule has 88 valence electrons. The Morgan fingerprint density at radius 3 is 2.56 bits per heavy atom. The lowest BCUT2D eigenvalue weighted by Gasteiger charge is -2.37. The van der Waals surface area contributed by atoms with Crippen molar-refractivity contribution in [3.8, 4) is 0 Å². The molecule has 2 fully saturated rings. The van der Waals surface area contributed by atoms with Crippen LogP contribution >= 0.6 is 22.9 Å². The molecule has 3 rings (SSSR count). The Hall–Kier alpha value is -0.0900. The Morgan fingerprint density at radius 1 is 1.31 bits per heavy atom. The van der Waals surface area contributed by atoms with Gasteiger partial charge in [-0.1, -0.05) is 11.6 Å². The normalized spacial score (nSPS) is 34.5. The van der Waals surface area contributed by atoms with Crippen molar-refractivity contribution in [2.75, 3.05) is 0 Å². The Bertz CT molecular complexity index is 365. The SMILES string of the molecule is NC1CC2CCC(C1)N2Cc1ccc(Cl)s1. The average molecular weight is 257 g/mol. The summed E-state index contributed by atoms with van der Waals surface area (Å²) in [5, 5.41) is 0. The van der Waals surface area contributed by atoms with Crippen LogP contribution in [0, 0.1) is 0 Å². The fourth-order valence-electron chi connectivity index (χ4n) is 3.19. The van der Waals surface area contributed by atoms with Gasteiger partial charge in [-0.2, -0.15) is 0 Å². The van der Waals surface area contributed by atoms with Gasteiger partial charge in [-0.25, -0.2) is 0 Å². The Labute approximate surface area is 105 Å². The monoisotopic (exact) mass is 256 g/mol. The lowest BCUT2D eigenvalue weighted by atomic mass is 9.98. The number of nitrogens with two attached hydrogens (primary N) is 1. The molecule has 0 aliphatic carbocycles. The van der Waals surface area contributed by atoms with Crippen LogP contribution in [0.25, 0.3) is 0 Å². The Morgan fingerprint density at radius 2 is 2.00 bits per heavy atom. The zero-order valence-corrected chi connectivity index (χ0v) is 10.8. The van der Waals surface area contributed by atoms with Gasteiger partial charge in [-0.05, 0) is 37.8 Å². The number of thiophene rings is 1. The summed E-state index contributed by atoms with van der Waals surface area (Å²) < 4.78 is 0.899. The van der Waals surface area contributed by atoms with Gasteiger partial charge in [0.05, 0.1) is 4.34 Å². The third-order valence-corrected chi connectivity index (χ3v) is 5.10. The first-order chi connectivity index (χ1) is 7.72. The second-order valence-corrected chi connectivity index (χ2v) is 6.79. The van der Waals surface area contributed by atoms with E-state index in [0.29, 0.717) is 6.04 Å². The Kier molecular flexibility index (Phi) is 2.96. The first kappa shape index (κ1) is 11.0. The number of hydrogen-bond donors (Lipinski definition) is 1. The molecule has 2 nitrogen and oxygen atoms in total. The number of rotatable bonds is 2. The second-order valence-electron chi connectivity index (χ2n) is 4.99. The van der Waals surface area contributed by atoms with Gasteiger partial charge < -0.3 is 5.73 Å². The maximum Gasteiger partial charge on any atom is 0.0931 e. The van der Waals surface area contributed by atoms with Crippen LogP contribution in [0.3, 0.4) is 0 Å². The van der Waals surface area contributed by atoms with Crippen LogP contribution in [0.2, 0.25) is 4.34 Å². The summed E-state index contributed by atoms with van der Waals surface area (Å²) in [6, 6.07) is 6.02. The zero-order chi connectivity index (χ0) is 11.1.